The topological polar surface area (TPSA) is 45.8 Å². The second-order valence-corrected chi connectivity index (χ2v) is 5.53. The molecule has 0 aliphatic carbocycles. The molecule has 3 nitrogen and oxygen atoms in total. The first kappa shape index (κ1) is 15.2. The van der Waals surface area contributed by atoms with Crippen molar-refractivity contribution >= 4 is 5.78 Å². The van der Waals surface area contributed by atoms with Gasteiger partial charge in [-0.3, -0.25) is 9.89 Å². The van der Waals surface area contributed by atoms with Crippen molar-refractivity contribution < 1.29 is 9.18 Å². The minimum atomic E-state index is -0.431. The highest BCUT2D eigenvalue weighted by Gasteiger charge is 2.16. The van der Waals surface area contributed by atoms with Crippen molar-refractivity contribution in [1.29, 1.82) is 0 Å². The van der Waals surface area contributed by atoms with Gasteiger partial charge in [-0.25, -0.2) is 4.39 Å². The van der Waals surface area contributed by atoms with Crippen molar-refractivity contribution in [3.63, 3.8) is 0 Å². The Hall–Kier alpha value is -2.75. The minimum absolute atomic E-state index is 0.156. The lowest BCUT2D eigenvalue weighted by Gasteiger charge is -2.09. The lowest BCUT2D eigenvalue weighted by Crippen LogP contribution is -2.06. The smallest absolute Gasteiger partial charge is 0.166 e. The van der Waals surface area contributed by atoms with E-state index in [9.17, 15) is 9.18 Å². The van der Waals surface area contributed by atoms with Crippen LogP contribution in [-0.4, -0.2) is 16.0 Å². The van der Waals surface area contributed by atoms with Crippen LogP contribution in [0.25, 0.3) is 11.1 Å². The molecule has 3 rings (SSSR count). The van der Waals surface area contributed by atoms with Gasteiger partial charge in [0.25, 0.3) is 0 Å². The van der Waals surface area contributed by atoms with Crippen molar-refractivity contribution in [2.24, 2.45) is 0 Å². The molecule has 0 bridgehead atoms. The number of H-pyrrole nitrogens is 1. The van der Waals surface area contributed by atoms with E-state index in [0.29, 0.717) is 12.0 Å². The average Bonchev–Trinajstić information content (AvgIpc) is 3.09. The number of benzene rings is 2. The molecule has 0 fully saturated rings. The summed E-state index contributed by atoms with van der Waals surface area (Å²) in [6.45, 7) is 1.69. The van der Waals surface area contributed by atoms with Gasteiger partial charge in [0.05, 0.1) is 5.56 Å². The van der Waals surface area contributed by atoms with Gasteiger partial charge in [-0.2, -0.15) is 5.10 Å². The van der Waals surface area contributed by atoms with Crippen LogP contribution in [0.5, 0.6) is 0 Å². The Bertz CT molecular complexity index is 811. The maximum absolute atomic E-state index is 14.4. The quantitative estimate of drug-likeness (QED) is 0.713. The molecule has 1 aromatic heterocycles. The summed E-state index contributed by atoms with van der Waals surface area (Å²) in [4.78, 5) is 12.4. The number of aryl methyl sites for hydroxylation is 2. The molecule has 0 unspecified atom stereocenters. The van der Waals surface area contributed by atoms with E-state index >= 15 is 0 Å². The van der Waals surface area contributed by atoms with Gasteiger partial charge in [0.15, 0.2) is 5.78 Å². The molecule has 4 heteroatoms. The van der Waals surface area contributed by atoms with Gasteiger partial charge in [-0.05, 0) is 48.2 Å². The van der Waals surface area contributed by atoms with E-state index in [-0.39, 0.29) is 17.8 Å². The lowest BCUT2D eigenvalue weighted by atomic mass is 9.96. The molecule has 0 spiro atoms. The number of nitrogens with one attached hydrogen (secondary N) is 1. The van der Waals surface area contributed by atoms with Crippen molar-refractivity contribution in [2.45, 2.75) is 19.8 Å². The standard InChI is InChI=1S/C19H17FN2O/c1-13-11-15(14-5-3-2-4-6-14)12-17(19(13)20)18(23)8-7-16-9-10-21-22-16/h2-6,9-12H,7-8H2,1H3,(H,21,22). The van der Waals surface area contributed by atoms with Gasteiger partial charge < -0.3 is 0 Å². The SMILES string of the molecule is Cc1cc(-c2ccccc2)cc(C(=O)CCc2ccn[nH]2)c1F. The van der Waals surface area contributed by atoms with Crippen LogP contribution in [0, 0.1) is 12.7 Å². The van der Waals surface area contributed by atoms with E-state index in [4.69, 9.17) is 0 Å². The zero-order valence-electron chi connectivity index (χ0n) is 12.8. The van der Waals surface area contributed by atoms with Gasteiger partial charge >= 0.3 is 0 Å². The van der Waals surface area contributed by atoms with Crippen LogP contribution in [0.15, 0.2) is 54.7 Å². The molecule has 0 amide bonds. The Kier molecular flexibility index (Phi) is 4.33. The van der Waals surface area contributed by atoms with Crippen LogP contribution in [0.4, 0.5) is 4.39 Å². The maximum atomic E-state index is 14.4. The Balaban J connectivity index is 1.88. The van der Waals surface area contributed by atoms with E-state index < -0.39 is 5.82 Å². The highest BCUT2D eigenvalue weighted by Crippen LogP contribution is 2.25. The van der Waals surface area contributed by atoms with Gasteiger partial charge in [0, 0.05) is 18.3 Å². The Morgan fingerprint density at radius 3 is 2.61 bits per heavy atom. The van der Waals surface area contributed by atoms with E-state index in [1.807, 2.05) is 36.4 Å². The molecule has 0 saturated carbocycles. The van der Waals surface area contributed by atoms with Crippen LogP contribution in [0.3, 0.4) is 0 Å². The summed E-state index contributed by atoms with van der Waals surface area (Å²) in [6.07, 6.45) is 2.41. The minimum Gasteiger partial charge on any atom is -0.294 e. The molecule has 0 aliphatic rings. The first-order valence-electron chi connectivity index (χ1n) is 7.52. The number of halogens is 1. The molecule has 0 aliphatic heterocycles. The molecule has 0 atom stereocenters. The summed E-state index contributed by atoms with van der Waals surface area (Å²) in [5.74, 6) is -0.628. The highest BCUT2D eigenvalue weighted by atomic mass is 19.1. The molecular formula is C19H17FN2O. The van der Waals surface area contributed by atoms with E-state index in [0.717, 1.165) is 16.8 Å². The molecular weight excluding hydrogens is 291 g/mol. The Morgan fingerprint density at radius 1 is 1.13 bits per heavy atom. The number of ketones is 1. The summed E-state index contributed by atoms with van der Waals surface area (Å²) in [5.41, 5.74) is 3.34. The van der Waals surface area contributed by atoms with E-state index in [1.165, 1.54) is 0 Å². The fourth-order valence-electron chi connectivity index (χ4n) is 2.58. The van der Waals surface area contributed by atoms with Crippen LogP contribution in [-0.2, 0) is 6.42 Å². The van der Waals surface area contributed by atoms with Crippen LogP contribution >= 0.6 is 0 Å². The molecule has 3 aromatic rings. The van der Waals surface area contributed by atoms with E-state index in [2.05, 4.69) is 10.2 Å². The number of Topliss-reactive ketones (excluding diaryl/α,β-unsaturated/α-hetero) is 1. The number of aromatic amines is 1. The molecule has 23 heavy (non-hydrogen) atoms. The predicted octanol–water partition coefficient (Wildman–Crippen LogP) is 4.34. The first-order valence-corrected chi connectivity index (χ1v) is 7.52. The van der Waals surface area contributed by atoms with Crippen molar-refractivity contribution in [1.82, 2.24) is 10.2 Å². The fourth-order valence-corrected chi connectivity index (χ4v) is 2.58. The number of aromatic nitrogens is 2. The zero-order chi connectivity index (χ0) is 16.2. The van der Waals surface area contributed by atoms with Crippen molar-refractivity contribution in [3.8, 4) is 11.1 Å². The largest absolute Gasteiger partial charge is 0.294 e. The summed E-state index contributed by atoms with van der Waals surface area (Å²) < 4.78 is 14.4. The second kappa shape index (κ2) is 6.57. The van der Waals surface area contributed by atoms with Crippen molar-refractivity contribution in [3.05, 3.63) is 77.4 Å². The van der Waals surface area contributed by atoms with Gasteiger partial charge in [0.1, 0.15) is 5.82 Å². The fraction of sp³-hybridized carbons (Fsp3) is 0.158. The van der Waals surface area contributed by atoms with E-state index in [1.54, 1.807) is 25.3 Å². The van der Waals surface area contributed by atoms with Crippen LogP contribution in [0.1, 0.15) is 28.0 Å². The molecule has 2 aromatic carbocycles. The number of rotatable bonds is 5. The number of nitrogens with zero attached hydrogens (tertiary/aromatic N) is 1. The molecule has 0 saturated heterocycles. The summed E-state index contributed by atoms with van der Waals surface area (Å²) >= 11 is 0. The summed E-state index contributed by atoms with van der Waals surface area (Å²) in [5, 5.41) is 6.66. The third kappa shape index (κ3) is 3.37. The average molecular weight is 308 g/mol. The van der Waals surface area contributed by atoms with Crippen LogP contribution < -0.4 is 0 Å². The monoisotopic (exact) mass is 308 g/mol. The third-order valence-electron chi connectivity index (χ3n) is 3.84. The normalized spacial score (nSPS) is 10.7. The lowest BCUT2D eigenvalue weighted by molar-refractivity contribution is 0.0978. The molecule has 116 valence electrons. The van der Waals surface area contributed by atoms with Gasteiger partial charge in [0.2, 0.25) is 0 Å². The maximum Gasteiger partial charge on any atom is 0.166 e. The first-order chi connectivity index (χ1) is 11.1. The number of carbonyl (C=O) groups excluding carboxylic acids is 1. The third-order valence-corrected chi connectivity index (χ3v) is 3.84. The Morgan fingerprint density at radius 2 is 1.91 bits per heavy atom. The predicted molar refractivity (Wildman–Crippen MR) is 87.8 cm³/mol. The van der Waals surface area contributed by atoms with Gasteiger partial charge in [-0.15, -0.1) is 0 Å². The van der Waals surface area contributed by atoms with Crippen LogP contribution in [0.2, 0.25) is 0 Å². The molecule has 1 N–H and O–H groups in total. The second-order valence-electron chi connectivity index (χ2n) is 5.53. The van der Waals surface area contributed by atoms with Gasteiger partial charge in [-0.1, -0.05) is 30.3 Å². The summed E-state index contributed by atoms with van der Waals surface area (Å²) in [7, 11) is 0. The van der Waals surface area contributed by atoms with Crippen molar-refractivity contribution in [2.75, 3.05) is 0 Å². The molecule has 0 radical (unpaired) electrons. The number of hydrogen-bond donors (Lipinski definition) is 1. The Labute approximate surface area is 134 Å². The number of hydrogen-bond acceptors (Lipinski definition) is 2. The highest BCUT2D eigenvalue weighted by molar-refractivity contribution is 5.97. The summed E-state index contributed by atoms with van der Waals surface area (Å²) in [6, 6.07) is 14.9. The zero-order valence-corrected chi connectivity index (χ0v) is 12.8. The number of carbonyl (C=O) groups is 1. The molecule has 1 heterocycles.